The minimum Gasteiger partial charge on any atom is -0.489 e. The van der Waals surface area contributed by atoms with Crippen molar-refractivity contribution in [2.45, 2.75) is 26.4 Å². The second-order valence-electron chi connectivity index (χ2n) is 8.56. The second kappa shape index (κ2) is 8.67. The summed E-state index contributed by atoms with van der Waals surface area (Å²) in [7, 11) is 1.36. The van der Waals surface area contributed by atoms with E-state index in [4.69, 9.17) is 9.47 Å². The lowest BCUT2D eigenvalue weighted by Gasteiger charge is -2.30. The van der Waals surface area contributed by atoms with Gasteiger partial charge in [0.25, 0.3) is 0 Å². The SMILES string of the molecule is COC(=O)C1=C(C)NC2=C(C(=O)c3ccccc32)[C@@H]1c1ccccc1OCc1ccc(C)cc1. The Balaban J connectivity index is 1.61. The fourth-order valence-corrected chi connectivity index (χ4v) is 4.72. The van der Waals surface area contributed by atoms with Gasteiger partial charge in [0.1, 0.15) is 12.4 Å². The highest BCUT2D eigenvalue weighted by Crippen LogP contribution is 2.48. The molecule has 0 amide bonds. The van der Waals surface area contributed by atoms with E-state index >= 15 is 0 Å². The van der Waals surface area contributed by atoms with E-state index in [-0.39, 0.29) is 5.78 Å². The number of fused-ring (bicyclic) bond motifs is 2. The molecule has 5 heteroatoms. The minimum absolute atomic E-state index is 0.0923. The Morgan fingerprint density at radius 1 is 0.912 bits per heavy atom. The molecule has 5 rings (SSSR count). The zero-order valence-electron chi connectivity index (χ0n) is 19.3. The normalized spacial score (nSPS) is 16.7. The number of hydrogen-bond donors (Lipinski definition) is 1. The van der Waals surface area contributed by atoms with E-state index in [1.54, 1.807) is 0 Å². The zero-order valence-corrected chi connectivity index (χ0v) is 19.3. The summed E-state index contributed by atoms with van der Waals surface area (Å²) in [4.78, 5) is 26.5. The van der Waals surface area contributed by atoms with E-state index in [2.05, 4.69) is 5.32 Å². The first kappa shape index (κ1) is 21.7. The van der Waals surface area contributed by atoms with E-state index in [1.165, 1.54) is 12.7 Å². The number of esters is 1. The number of carbonyl (C=O) groups is 2. The summed E-state index contributed by atoms with van der Waals surface area (Å²) in [5, 5.41) is 3.31. The van der Waals surface area contributed by atoms with Gasteiger partial charge in [-0.25, -0.2) is 4.79 Å². The van der Waals surface area contributed by atoms with Crippen LogP contribution in [0.4, 0.5) is 0 Å². The van der Waals surface area contributed by atoms with Gasteiger partial charge in [-0.3, -0.25) is 4.79 Å². The van der Waals surface area contributed by atoms with Crippen LogP contribution in [-0.2, 0) is 16.1 Å². The van der Waals surface area contributed by atoms with Crippen LogP contribution in [0.5, 0.6) is 5.75 Å². The number of Topliss-reactive ketones (excluding diaryl/α,β-unsaturated/α-hetero) is 1. The van der Waals surface area contributed by atoms with Crippen molar-refractivity contribution in [3.63, 3.8) is 0 Å². The Hall–Kier alpha value is -4.12. The molecule has 0 saturated heterocycles. The van der Waals surface area contributed by atoms with Crippen molar-refractivity contribution < 1.29 is 19.1 Å². The number of para-hydroxylation sites is 1. The third-order valence-corrected chi connectivity index (χ3v) is 6.40. The maximum atomic E-state index is 13.6. The van der Waals surface area contributed by atoms with Gasteiger partial charge in [0.2, 0.25) is 0 Å². The number of benzene rings is 3. The van der Waals surface area contributed by atoms with Crippen LogP contribution in [-0.4, -0.2) is 18.9 Å². The summed E-state index contributed by atoms with van der Waals surface area (Å²) >= 11 is 0. The number of hydrogen-bond acceptors (Lipinski definition) is 5. The number of ketones is 1. The monoisotopic (exact) mass is 451 g/mol. The fraction of sp³-hybridized carbons (Fsp3) is 0.172. The second-order valence-corrected chi connectivity index (χ2v) is 8.56. The summed E-state index contributed by atoms with van der Waals surface area (Å²) in [5.74, 6) is -0.554. The number of allylic oxidation sites excluding steroid dienone is 2. The molecule has 0 unspecified atom stereocenters. The lowest BCUT2D eigenvalue weighted by Crippen LogP contribution is -2.29. The third-order valence-electron chi connectivity index (χ3n) is 6.40. The van der Waals surface area contributed by atoms with Gasteiger partial charge >= 0.3 is 5.97 Å². The minimum atomic E-state index is -0.613. The number of nitrogens with one attached hydrogen (secondary N) is 1. The van der Waals surface area contributed by atoms with Gasteiger partial charge < -0.3 is 14.8 Å². The van der Waals surface area contributed by atoms with Crippen LogP contribution < -0.4 is 10.1 Å². The molecular weight excluding hydrogens is 426 g/mol. The highest BCUT2D eigenvalue weighted by molar-refractivity contribution is 6.23. The number of ether oxygens (including phenoxy) is 2. The van der Waals surface area contributed by atoms with Crippen LogP contribution in [0.3, 0.4) is 0 Å². The van der Waals surface area contributed by atoms with Crippen molar-refractivity contribution in [2.24, 2.45) is 0 Å². The highest BCUT2D eigenvalue weighted by atomic mass is 16.5. The van der Waals surface area contributed by atoms with Crippen LogP contribution in [0.15, 0.2) is 89.6 Å². The van der Waals surface area contributed by atoms with Crippen molar-refractivity contribution in [2.75, 3.05) is 7.11 Å². The third kappa shape index (κ3) is 3.59. The summed E-state index contributed by atoms with van der Waals surface area (Å²) < 4.78 is 11.4. The Labute approximate surface area is 198 Å². The molecule has 1 N–H and O–H groups in total. The fourth-order valence-electron chi connectivity index (χ4n) is 4.72. The maximum absolute atomic E-state index is 13.6. The van der Waals surface area contributed by atoms with Gasteiger partial charge in [0, 0.05) is 28.0 Å². The molecule has 0 bridgehead atoms. The van der Waals surface area contributed by atoms with Gasteiger partial charge in [-0.05, 0) is 25.5 Å². The van der Waals surface area contributed by atoms with Crippen molar-refractivity contribution in [3.8, 4) is 5.75 Å². The predicted molar refractivity (Wildman–Crippen MR) is 130 cm³/mol. The van der Waals surface area contributed by atoms with E-state index in [9.17, 15) is 9.59 Å². The summed E-state index contributed by atoms with van der Waals surface area (Å²) in [5.41, 5.74) is 6.79. The molecule has 1 heterocycles. The number of aryl methyl sites for hydroxylation is 1. The molecule has 0 spiro atoms. The molecule has 0 saturated carbocycles. The van der Waals surface area contributed by atoms with Crippen LogP contribution in [0.1, 0.15) is 45.5 Å². The maximum Gasteiger partial charge on any atom is 0.336 e. The molecule has 34 heavy (non-hydrogen) atoms. The van der Waals surface area contributed by atoms with Crippen molar-refractivity contribution >= 4 is 17.4 Å². The largest absolute Gasteiger partial charge is 0.489 e. The van der Waals surface area contributed by atoms with Gasteiger partial charge in [-0.15, -0.1) is 0 Å². The van der Waals surface area contributed by atoms with Gasteiger partial charge in [0.05, 0.1) is 24.3 Å². The van der Waals surface area contributed by atoms with E-state index in [1.807, 2.05) is 86.6 Å². The first-order chi connectivity index (χ1) is 16.5. The standard InChI is InChI=1S/C29H25NO4/c1-17-12-14-19(15-13-17)16-34-23-11-7-6-10-22(23)25-24(29(32)33-3)18(2)30-27-20-8-4-5-9-21(20)28(31)26(25)27/h4-15,25,30H,16H2,1-3H3/t25-/m1/s1. The van der Waals surface area contributed by atoms with Crippen LogP contribution >= 0.6 is 0 Å². The van der Waals surface area contributed by atoms with Gasteiger partial charge in [-0.1, -0.05) is 72.3 Å². The van der Waals surface area contributed by atoms with Gasteiger partial charge in [0.15, 0.2) is 5.78 Å². The topological polar surface area (TPSA) is 64.6 Å². The van der Waals surface area contributed by atoms with Crippen molar-refractivity contribution in [3.05, 3.63) is 117 Å². The summed E-state index contributed by atoms with van der Waals surface area (Å²) in [6.45, 7) is 4.25. The highest BCUT2D eigenvalue weighted by Gasteiger charge is 2.43. The lowest BCUT2D eigenvalue weighted by molar-refractivity contribution is -0.136. The molecule has 3 aromatic carbocycles. The molecule has 1 aliphatic carbocycles. The smallest absolute Gasteiger partial charge is 0.336 e. The quantitative estimate of drug-likeness (QED) is 0.532. The van der Waals surface area contributed by atoms with E-state index in [0.29, 0.717) is 34.8 Å². The molecule has 3 aromatic rings. The first-order valence-corrected chi connectivity index (χ1v) is 11.2. The first-order valence-electron chi connectivity index (χ1n) is 11.2. The average molecular weight is 452 g/mol. The molecule has 0 aromatic heterocycles. The number of dihydropyridines is 1. The molecule has 2 aliphatic rings. The average Bonchev–Trinajstić information content (AvgIpc) is 3.14. The van der Waals surface area contributed by atoms with Crippen molar-refractivity contribution in [1.82, 2.24) is 5.32 Å². The van der Waals surface area contributed by atoms with Gasteiger partial charge in [-0.2, -0.15) is 0 Å². The predicted octanol–water partition coefficient (Wildman–Crippen LogP) is 5.32. The molecule has 0 fully saturated rings. The van der Waals surface area contributed by atoms with E-state index in [0.717, 1.165) is 22.4 Å². The Kier molecular flexibility index (Phi) is 5.54. The summed E-state index contributed by atoms with van der Waals surface area (Å²) in [6, 6.07) is 23.2. The zero-order chi connectivity index (χ0) is 23.8. The molecular formula is C29H25NO4. The lowest BCUT2D eigenvalue weighted by atomic mass is 9.79. The molecule has 5 nitrogen and oxygen atoms in total. The Morgan fingerprint density at radius 2 is 1.59 bits per heavy atom. The van der Waals surface area contributed by atoms with Crippen molar-refractivity contribution in [1.29, 1.82) is 0 Å². The Bertz CT molecular complexity index is 1360. The van der Waals surface area contributed by atoms with Crippen LogP contribution in [0, 0.1) is 6.92 Å². The van der Waals surface area contributed by atoms with Crippen LogP contribution in [0.2, 0.25) is 0 Å². The number of carbonyl (C=O) groups excluding carboxylic acids is 2. The molecule has 170 valence electrons. The number of methoxy groups -OCH3 is 1. The van der Waals surface area contributed by atoms with Crippen LogP contribution in [0.25, 0.3) is 5.70 Å². The molecule has 1 aliphatic heterocycles. The molecule has 1 atom stereocenters. The number of rotatable bonds is 5. The summed E-state index contributed by atoms with van der Waals surface area (Å²) in [6.07, 6.45) is 0. The molecule has 0 radical (unpaired) electrons. The Morgan fingerprint density at radius 3 is 2.32 bits per heavy atom. The van der Waals surface area contributed by atoms with E-state index < -0.39 is 11.9 Å².